The molecule has 0 atom stereocenters. The predicted octanol–water partition coefficient (Wildman–Crippen LogP) is 5.31. The fourth-order valence-corrected chi connectivity index (χ4v) is 2.93. The standard InChI is InChI=1S/C24H24O4/c1-25-20-9-5-17(6-10-20)13-24(18-7-11-21(26-2)12-8-18)19-14-22(27-3)16-23(15-19)28-4/h5-16H,1-4H3/b24-13+. The Morgan fingerprint density at radius 1 is 0.536 bits per heavy atom. The highest BCUT2D eigenvalue weighted by Gasteiger charge is 2.10. The zero-order valence-corrected chi connectivity index (χ0v) is 16.6. The van der Waals surface area contributed by atoms with Crippen LogP contribution in [-0.4, -0.2) is 28.4 Å². The van der Waals surface area contributed by atoms with Crippen molar-refractivity contribution < 1.29 is 18.9 Å². The van der Waals surface area contributed by atoms with Crippen LogP contribution in [0.2, 0.25) is 0 Å². The van der Waals surface area contributed by atoms with Crippen molar-refractivity contribution in [2.45, 2.75) is 0 Å². The zero-order chi connectivity index (χ0) is 19.9. The van der Waals surface area contributed by atoms with Gasteiger partial charge in [0.15, 0.2) is 0 Å². The second kappa shape index (κ2) is 9.00. The van der Waals surface area contributed by atoms with E-state index in [-0.39, 0.29) is 0 Å². The summed E-state index contributed by atoms with van der Waals surface area (Å²) in [4.78, 5) is 0. The average molecular weight is 376 g/mol. The molecule has 3 aromatic rings. The molecule has 0 unspecified atom stereocenters. The van der Waals surface area contributed by atoms with Crippen molar-refractivity contribution >= 4 is 11.6 Å². The maximum atomic E-state index is 5.46. The number of hydrogen-bond donors (Lipinski definition) is 0. The van der Waals surface area contributed by atoms with Gasteiger partial charge >= 0.3 is 0 Å². The molecular weight excluding hydrogens is 352 g/mol. The lowest BCUT2D eigenvalue weighted by atomic mass is 9.95. The fourth-order valence-electron chi connectivity index (χ4n) is 2.93. The lowest BCUT2D eigenvalue weighted by Crippen LogP contribution is -1.94. The van der Waals surface area contributed by atoms with E-state index in [1.54, 1.807) is 28.4 Å². The quantitative estimate of drug-likeness (QED) is 0.524. The van der Waals surface area contributed by atoms with Gasteiger partial charge in [-0.2, -0.15) is 0 Å². The molecule has 0 spiro atoms. The SMILES string of the molecule is COc1ccc(/C=C(\c2ccc(OC)cc2)c2cc(OC)cc(OC)c2)cc1. The lowest BCUT2D eigenvalue weighted by molar-refractivity contribution is 0.394. The molecule has 0 saturated carbocycles. The van der Waals surface area contributed by atoms with E-state index in [0.717, 1.165) is 45.3 Å². The molecule has 0 amide bonds. The molecule has 28 heavy (non-hydrogen) atoms. The summed E-state index contributed by atoms with van der Waals surface area (Å²) >= 11 is 0. The van der Waals surface area contributed by atoms with Gasteiger partial charge in [0.1, 0.15) is 23.0 Å². The van der Waals surface area contributed by atoms with Gasteiger partial charge in [0.05, 0.1) is 28.4 Å². The summed E-state index contributed by atoms with van der Waals surface area (Å²) in [6.07, 6.45) is 2.13. The molecule has 3 rings (SSSR count). The minimum absolute atomic E-state index is 0.739. The van der Waals surface area contributed by atoms with E-state index >= 15 is 0 Å². The van der Waals surface area contributed by atoms with Crippen LogP contribution in [0.25, 0.3) is 11.6 Å². The van der Waals surface area contributed by atoms with Crippen LogP contribution in [0.3, 0.4) is 0 Å². The van der Waals surface area contributed by atoms with E-state index in [2.05, 4.69) is 6.08 Å². The van der Waals surface area contributed by atoms with E-state index in [9.17, 15) is 0 Å². The Hall–Kier alpha value is -3.40. The summed E-state index contributed by atoms with van der Waals surface area (Å²) in [5.41, 5.74) is 4.17. The molecule has 144 valence electrons. The van der Waals surface area contributed by atoms with E-state index in [0.29, 0.717) is 0 Å². The van der Waals surface area contributed by atoms with Gasteiger partial charge in [0, 0.05) is 6.07 Å². The first-order chi connectivity index (χ1) is 13.7. The van der Waals surface area contributed by atoms with Gasteiger partial charge in [-0.25, -0.2) is 0 Å². The van der Waals surface area contributed by atoms with Crippen LogP contribution >= 0.6 is 0 Å². The third kappa shape index (κ3) is 4.46. The topological polar surface area (TPSA) is 36.9 Å². The van der Waals surface area contributed by atoms with Crippen LogP contribution in [0, 0.1) is 0 Å². The summed E-state index contributed by atoms with van der Waals surface area (Å²) in [7, 11) is 6.63. The van der Waals surface area contributed by atoms with E-state index in [1.807, 2.05) is 66.7 Å². The Morgan fingerprint density at radius 2 is 1.00 bits per heavy atom. The average Bonchev–Trinajstić information content (AvgIpc) is 2.77. The minimum atomic E-state index is 0.739. The van der Waals surface area contributed by atoms with E-state index < -0.39 is 0 Å². The highest BCUT2D eigenvalue weighted by atomic mass is 16.5. The van der Waals surface area contributed by atoms with Crippen LogP contribution in [0.4, 0.5) is 0 Å². The lowest BCUT2D eigenvalue weighted by Gasteiger charge is -2.13. The third-order valence-electron chi connectivity index (χ3n) is 4.49. The van der Waals surface area contributed by atoms with Crippen LogP contribution < -0.4 is 18.9 Å². The molecule has 0 radical (unpaired) electrons. The molecule has 4 heteroatoms. The molecule has 0 fully saturated rings. The maximum absolute atomic E-state index is 5.46. The van der Waals surface area contributed by atoms with Crippen molar-refractivity contribution in [3.63, 3.8) is 0 Å². The highest BCUT2D eigenvalue weighted by Crippen LogP contribution is 2.33. The van der Waals surface area contributed by atoms with E-state index in [4.69, 9.17) is 18.9 Å². The van der Waals surface area contributed by atoms with Gasteiger partial charge in [0.2, 0.25) is 0 Å². The highest BCUT2D eigenvalue weighted by molar-refractivity contribution is 5.92. The van der Waals surface area contributed by atoms with Crippen LogP contribution in [0.1, 0.15) is 16.7 Å². The molecule has 0 saturated heterocycles. The summed E-state index contributed by atoms with van der Waals surface area (Å²) < 4.78 is 21.5. The Kier molecular flexibility index (Phi) is 6.22. The van der Waals surface area contributed by atoms with Gasteiger partial charge in [-0.1, -0.05) is 24.3 Å². The van der Waals surface area contributed by atoms with Crippen molar-refractivity contribution in [1.29, 1.82) is 0 Å². The van der Waals surface area contributed by atoms with Crippen LogP contribution in [0.15, 0.2) is 66.7 Å². The molecule has 4 nitrogen and oxygen atoms in total. The molecule has 0 aliphatic carbocycles. The van der Waals surface area contributed by atoms with Gasteiger partial charge in [-0.3, -0.25) is 0 Å². The first-order valence-corrected chi connectivity index (χ1v) is 8.90. The van der Waals surface area contributed by atoms with Gasteiger partial charge < -0.3 is 18.9 Å². The Morgan fingerprint density at radius 3 is 1.46 bits per heavy atom. The normalized spacial score (nSPS) is 11.1. The molecular formula is C24H24O4. The van der Waals surface area contributed by atoms with Crippen molar-refractivity contribution in [3.05, 3.63) is 83.4 Å². The molecule has 0 aromatic heterocycles. The Balaban J connectivity index is 2.14. The first-order valence-electron chi connectivity index (χ1n) is 8.90. The van der Waals surface area contributed by atoms with Crippen molar-refractivity contribution in [1.82, 2.24) is 0 Å². The molecule has 3 aromatic carbocycles. The summed E-state index contributed by atoms with van der Waals surface area (Å²) in [5.74, 6) is 3.12. The maximum Gasteiger partial charge on any atom is 0.123 e. The second-order valence-electron chi connectivity index (χ2n) is 6.16. The van der Waals surface area contributed by atoms with Gasteiger partial charge in [0.25, 0.3) is 0 Å². The van der Waals surface area contributed by atoms with Gasteiger partial charge in [-0.15, -0.1) is 0 Å². The molecule has 0 heterocycles. The molecule has 0 aliphatic heterocycles. The molecule has 0 N–H and O–H groups in total. The molecule has 0 aliphatic rings. The smallest absolute Gasteiger partial charge is 0.123 e. The minimum Gasteiger partial charge on any atom is -0.497 e. The number of ether oxygens (including phenoxy) is 4. The monoisotopic (exact) mass is 376 g/mol. The second-order valence-corrected chi connectivity index (χ2v) is 6.16. The number of hydrogen-bond acceptors (Lipinski definition) is 4. The first kappa shape index (κ1) is 19.4. The van der Waals surface area contributed by atoms with Crippen molar-refractivity contribution in [2.75, 3.05) is 28.4 Å². The summed E-state index contributed by atoms with van der Waals surface area (Å²) in [6, 6.07) is 21.8. The van der Waals surface area contributed by atoms with Crippen molar-refractivity contribution in [2.24, 2.45) is 0 Å². The summed E-state index contributed by atoms with van der Waals surface area (Å²) in [5, 5.41) is 0. The fraction of sp³-hybridized carbons (Fsp3) is 0.167. The summed E-state index contributed by atoms with van der Waals surface area (Å²) in [6.45, 7) is 0. The van der Waals surface area contributed by atoms with Gasteiger partial charge in [-0.05, 0) is 64.7 Å². The zero-order valence-electron chi connectivity index (χ0n) is 16.6. The van der Waals surface area contributed by atoms with Crippen LogP contribution in [-0.2, 0) is 0 Å². The third-order valence-corrected chi connectivity index (χ3v) is 4.49. The largest absolute Gasteiger partial charge is 0.497 e. The van der Waals surface area contributed by atoms with Crippen molar-refractivity contribution in [3.8, 4) is 23.0 Å². The molecule has 0 bridgehead atoms. The predicted molar refractivity (Wildman–Crippen MR) is 113 cm³/mol. The Bertz CT molecular complexity index is 919. The Labute approximate surface area is 165 Å². The number of benzene rings is 3. The number of methoxy groups -OCH3 is 4. The van der Waals surface area contributed by atoms with E-state index in [1.165, 1.54) is 0 Å². The van der Waals surface area contributed by atoms with Crippen LogP contribution in [0.5, 0.6) is 23.0 Å². The number of rotatable bonds is 7.